The summed E-state index contributed by atoms with van der Waals surface area (Å²) in [6.07, 6.45) is -5.53. The second-order valence-corrected chi connectivity index (χ2v) is 5.85. The molecule has 1 aromatic carbocycles. The van der Waals surface area contributed by atoms with E-state index >= 15 is 0 Å². The van der Waals surface area contributed by atoms with Crippen molar-refractivity contribution in [2.24, 2.45) is 0 Å². The van der Waals surface area contributed by atoms with Gasteiger partial charge in [-0.2, -0.15) is 13.2 Å². The fraction of sp³-hybridized carbons (Fsp3) is 0.571. The van der Waals surface area contributed by atoms with E-state index in [2.05, 4.69) is 5.32 Å². The van der Waals surface area contributed by atoms with Crippen LogP contribution in [0.1, 0.15) is 24.4 Å². The van der Waals surface area contributed by atoms with Crippen LogP contribution in [0.25, 0.3) is 0 Å². The summed E-state index contributed by atoms with van der Waals surface area (Å²) >= 11 is 5.92. The molecule has 1 aliphatic rings. The number of rotatable bonds is 5. The summed E-state index contributed by atoms with van der Waals surface area (Å²) in [7, 11) is 0. The van der Waals surface area contributed by atoms with Crippen molar-refractivity contribution in [1.29, 1.82) is 0 Å². The van der Waals surface area contributed by atoms with Crippen molar-refractivity contribution >= 4 is 17.3 Å². The first-order valence-electron chi connectivity index (χ1n) is 7.23. The average Bonchev–Trinajstić information content (AvgIpc) is 2.47. The van der Waals surface area contributed by atoms with E-state index in [-0.39, 0.29) is 22.7 Å². The summed E-state index contributed by atoms with van der Waals surface area (Å²) in [6, 6.07) is 3.35. The number of alkyl halides is 3. The average molecular weight is 352 g/mol. The smallest absolute Gasteiger partial charge is 0.314 e. The molecule has 9 heteroatoms. The monoisotopic (exact) mass is 351 g/mol. The number of halogens is 4. The van der Waals surface area contributed by atoms with Crippen molar-refractivity contribution in [2.45, 2.75) is 25.1 Å². The molecule has 1 fully saturated rings. The van der Waals surface area contributed by atoms with Gasteiger partial charge in [0.1, 0.15) is 0 Å². The number of nitrogens with one attached hydrogen (secondary N) is 1. The lowest BCUT2D eigenvalue weighted by atomic mass is 9.97. The Labute approximate surface area is 136 Å². The molecule has 0 bridgehead atoms. The molecule has 1 aliphatic heterocycles. The lowest BCUT2D eigenvalue weighted by Gasteiger charge is -2.35. The Balaban J connectivity index is 2.35. The molecule has 1 aromatic rings. The Hall–Kier alpha value is -1.38. The van der Waals surface area contributed by atoms with E-state index in [1.165, 1.54) is 18.2 Å². The fourth-order valence-electron chi connectivity index (χ4n) is 2.79. The first-order chi connectivity index (χ1) is 10.8. The lowest BCUT2D eigenvalue weighted by Crippen LogP contribution is -2.45. The molecule has 2 rings (SSSR count). The molecule has 1 N–H and O–H groups in total. The van der Waals surface area contributed by atoms with Gasteiger partial charge in [-0.3, -0.25) is 15.0 Å². The van der Waals surface area contributed by atoms with Gasteiger partial charge >= 0.3 is 6.18 Å². The Kier molecular flexibility index (Phi) is 5.83. The van der Waals surface area contributed by atoms with Crippen molar-refractivity contribution in [1.82, 2.24) is 10.2 Å². The van der Waals surface area contributed by atoms with Gasteiger partial charge in [0.05, 0.1) is 4.92 Å². The molecule has 1 atom stereocenters. The van der Waals surface area contributed by atoms with Gasteiger partial charge in [0, 0.05) is 55.3 Å². The van der Waals surface area contributed by atoms with Crippen LogP contribution in [-0.2, 0) is 0 Å². The van der Waals surface area contributed by atoms with Crippen molar-refractivity contribution in [3.63, 3.8) is 0 Å². The number of hydrogen-bond donors (Lipinski definition) is 1. The van der Waals surface area contributed by atoms with E-state index in [1.807, 2.05) is 4.90 Å². The highest BCUT2D eigenvalue weighted by Gasteiger charge is 2.34. The van der Waals surface area contributed by atoms with Crippen LogP contribution in [0.15, 0.2) is 18.2 Å². The molecule has 0 spiro atoms. The predicted molar refractivity (Wildman–Crippen MR) is 80.6 cm³/mol. The van der Waals surface area contributed by atoms with Crippen LogP contribution in [0.5, 0.6) is 0 Å². The zero-order valence-electron chi connectivity index (χ0n) is 12.3. The first-order valence-corrected chi connectivity index (χ1v) is 7.61. The van der Waals surface area contributed by atoms with Gasteiger partial charge < -0.3 is 5.32 Å². The quantitative estimate of drug-likeness (QED) is 0.651. The molecular formula is C14H17ClF3N3O2. The van der Waals surface area contributed by atoms with Gasteiger partial charge in [-0.15, -0.1) is 0 Å². The molecular weight excluding hydrogens is 335 g/mol. The lowest BCUT2D eigenvalue weighted by molar-refractivity contribution is -0.386. The standard InChI is InChI=1S/C14H17ClF3N3O2/c15-10-1-2-13(21(22)23)11(9-10)12(3-4-14(16,17)18)20-7-5-19-6-8-20/h1-2,9,12,19H,3-8H2/t12-/m0/s1. The van der Waals surface area contributed by atoms with E-state index in [9.17, 15) is 23.3 Å². The van der Waals surface area contributed by atoms with Crippen molar-refractivity contribution in [3.05, 3.63) is 38.9 Å². The molecule has 0 aromatic heterocycles. The number of nitrogens with zero attached hydrogens (tertiary/aromatic N) is 2. The number of nitro benzene ring substituents is 1. The highest BCUT2D eigenvalue weighted by molar-refractivity contribution is 6.30. The summed E-state index contributed by atoms with van der Waals surface area (Å²) in [4.78, 5) is 12.5. The molecule has 0 aliphatic carbocycles. The summed E-state index contributed by atoms with van der Waals surface area (Å²) in [5, 5.41) is 14.6. The zero-order chi connectivity index (χ0) is 17.0. The Morgan fingerprint density at radius 3 is 2.57 bits per heavy atom. The van der Waals surface area contributed by atoms with Crippen LogP contribution in [0, 0.1) is 10.1 Å². The van der Waals surface area contributed by atoms with E-state index < -0.39 is 23.6 Å². The highest BCUT2D eigenvalue weighted by atomic mass is 35.5. The Bertz CT molecular complexity index is 563. The molecule has 0 radical (unpaired) electrons. The Morgan fingerprint density at radius 1 is 1.35 bits per heavy atom. The second kappa shape index (κ2) is 7.46. The van der Waals surface area contributed by atoms with E-state index in [4.69, 9.17) is 11.6 Å². The normalized spacial score (nSPS) is 17.9. The van der Waals surface area contributed by atoms with Crippen LogP contribution >= 0.6 is 11.6 Å². The minimum absolute atomic E-state index is 0.194. The third-order valence-electron chi connectivity index (χ3n) is 3.84. The van der Waals surface area contributed by atoms with Crippen LogP contribution in [0.3, 0.4) is 0 Å². The largest absolute Gasteiger partial charge is 0.389 e. The topological polar surface area (TPSA) is 58.4 Å². The summed E-state index contributed by atoms with van der Waals surface area (Å²) in [6.45, 7) is 2.34. The first kappa shape index (κ1) is 18.0. The molecule has 23 heavy (non-hydrogen) atoms. The molecule has 128 valence electrons. The van der Waals surface area contributed by atoms with Gasteiger partial charge in [-0.05, 0) is 18.6 Å². The van der Waals surface area contributed by atoms with E-state index in [0.717, 1.165) is 0 Å². The van der Waals surface area contributed by atoms with Gasteiger partial charge in [0.15, 0.2) is 0 Å². The third-order valence-corrected chi connectivity index (χ3v) is 4.07. The van der Waals surface area contributed by atoms with E-state index in [1.54, 1.807) is 0 Å². The number of hydrogen-bond acceptors (Lipinski definition) is 4. The maximum Gasteiger partial charge on any atom is 0.389 e. The van der Waals surface area contributed by atoms with Gasteiger partial charge in [0.2, 0.25) is 0 Å². The molecule has 0 amide bonds. The maximum absolute atomic E-state index is 12.6. The summed E-state index contributed by atoms with van der Waals surface area (Å²) in [5.74, 6) is 0. The van der Waals surface area contributed by atoms with Crippen LogP contribution in [-0.4, -0.2) is 42.2 Å². The van der Waals surface area contributed by atoms with Crippen LogP contribution in [0.2, 0.25) is 5.02 Å². The van der Waals surface area contributed by atoms with E-state index in [0.29, 0.717) is 26.2 Å². The number of benzene rings is 1. The molecule has 0 unspecified atom stereocenters. The second-order valence-electron chi connectivity index (χ2n) is 5.42. The predicted octanol–water partition coefficient (Wildman–Crippen LogP) is 3.54. The molecule has 1 saturated heterocycles. The highest BCUT2D eigenvalue weighted by Crippen LogP contribution is 2.37. The Morgan fingerprint density at radius 2 is 2.00 bits per heavy atom. The van der Waals surface area contributed by atoms with Crippen molar-refractivity contribution in [3.8, 4) is 0 Å². The van der Waals surface area contributed by atoms with Gasteiger partial charge in [-0.25, -0.2) is 0 Å². The SMILES string of the molecule is O=[N+]([O-])c1ccc(Cl)cc1[C@H](CCC(F)(F)F)N1CCNCC1. The van der Waals surface area contributed by atoms with Crippen LogP contribution in [0.4, 0.5) is 18.9 Å². The maximum atomic E-state index is 12.6. The number of piperazine rings is 1. The van der Waals surface area contributed by atoms with Crippen molar-refractivity contribution < 1.29 is 18.1 Å². The van der Waals surface area contributed by atoms with Gasteiger partial charge in [0.25, 0.3) is 5.69 Å². The van der Waals surface area contributed by atoms with Crippen LogP contribution < -0.4 is 5.32 Å². The fourth-order valence-corrected chi connectivity index (χ4v) is 2.97. The van der Waals surface area contributed by atoms with Crippen molar-refractivity contribution in [2.75, 3.05) is 26.2 Å². The number of nitro groups is 1. The minimum atomic E-state index is -4.31. The summed E-state index contributed by atoms with van der Waals surface area (Å²) < 4.78 is 37.9. The zero-order valence-corrected chi connectivity index (χ0v) is 13.0. The molecule has 1 heterocycles. The molecule has 0 saturated carbocycles. The summed E-state index contributed by atoms with van der Waals surface area (Å²) in [5.41, 5.74) is 0.0498. The minimum Gasteiger partial charge on any atom is -0.314 e. The molecule has 5 nitrogen and oxygen atoms in total. The third kappa shape index (κ3) is 5.05. The van der Waals surface area contributed by atoms with Gasteiger partial charge in [-0.1, -0.05) is 11.6 Å².